The summed E-state index contributed by atoms with van der Waals surface area (Å²) in [5.41, 5.74) is 5.83. The highest BCUT2D eigenvalue weighted by molar-refractivity contribution is 6.00. The van der Waals surface area contributed by atoms with Gasteiger partial charge in [-0.2, -0.15) is 0 Å². The van der Waals surface area contributed by atoms with E-state index < -0.39 is 11.8 Å². The van der Waals surface area contributed by atoms with Crippen LogP contribution in [0.1, 0.15) is 26.3 Å². The van der Waals surface area contributed by atoms with Crippen molar-refractivity contribution in [3.8, 4) is 11.5 Å². The van der Waals surface area contributed by atoms with Gasteiger partial charge in [0.1, 0.15) is 11.5 Å². The lowest BCUT2D eigenvalue weighted by molar-refractivity contribution is 0.0845. The summed E-state index contributed by atoms with van der Waals surface area (Å²) >= 11 is 0. The first-order chi connectivity index (χ1) is 10.5. The highest BCUT2D eigenvalue weighted by atomic mass is 16.5. The van der Waals surface area contributed by atoms with Crippen LogP contribution in [0.25, 0.3) is 0 Å². The Morgan fingerprint density at radius 2 is 1.64 bits per heavy atom. The van der Waals surface area contributed by atoms with Gasteiger partial charge in [-0.05, 0) is 48.9 Å². The minimum atomic E-state index is -0.598. The molecule has 2 aromatic rings. The topological polar surface area (TPSA) is 87.7 Å². The third kappa shape index (κ3) is 3.54. The molecule has 0 spiro atoms. The summed E-state index contributed by atoms with van der Waals surface area (Å²) in [6.45, 7) is 1.80. The highest BCUT2D eigenvalue weighted by Crippen LogP contribution is 2.18. The number of carbonyl (C=O) groups is 2. The Morgan fingerprint density at radius 3 is 2.23 bits per heavy atom. The molecule has 0 aliphatic heterocycles. The molecule has 6 heteroatoms. The van der Waals surface area contributed by atoms with Gasteiger partial charge < -0.3 is 9.84 Å². The van der Waals surface area contributed by atoms with Gasteiger partial charge in [0.15, 0.2) is 0 Å². The number of hydrazine groups is 1. The number of amides is 2. The maximum atomic E-state index is 11.9. The minimum Gasteiger partial charge on any atom is -0.507 e. The van der Waals surface area contributed by atoms with Gasteiger partial charge in [0.05, 0.1) is 12.7 Å². The maximum Gasteiger partial charge on any atom is 0.273 e. The minimum absolute atomic E-state index is 0.0839. The molecule has 0 aliphatic rings. The van der Waals surface area contributed by atoms with Crippen LogP contribution in [0, 0.1) is 6.92 Å². The molecule has 0 unspecified atom stereocenters. The fourth-order valence-corrected chi connectivity index (χ4v) is 1.83. The maximum absolute atomic E-state index is 11.9. The molecule has 2 aromatic carbocycles. The van der Waals surface area contributed by atoms with Crippen LogP contribution in [-0.2, 0) is 0 Å². The van der Waals surface area contributed by atoms with Crippen molar-refractivity contribution in [3.05, 3.63) is 59.2 Å². The van der Waals surface area contributed by atoms with Gasteiger partial charge in [0.25, 0.3) is 11.8 Å². The third-order valence-electron chi connectivity index (χ3n) is 3.04. The quantitative estimate of drug-likeness (QED) is 0.754. The summed E-state index contributed by atoms with van der Waals surface area (Å²) in [7, 11) is 1.53. The summed E-state index contributed by atoms with van der Waals surface area (Å²) in [5.74, 6) is -0.580. The van der Waals surface area contributed by atoms with Gasteiger partial charge in [0, 0.05) is 5.56 Å². The summed E-state index contributed by atoms with van der Waals surface area (Å²) in [6, 6.07) is 11.1. The molecule has 0 radical (unpaired) electrons. The van der Waals surface area contributed by atoms with Crippen LogP contribution >= 0.6 is 0 Å². The lowest BCUT2D eigenvalue weighted by Gasteiger charge is -2.09. The second kappa shape index (κ2) is 6.62. The Balaban J connectivity index is 1.99. The number of hydrogen-bond acceptors (Lipinski definition) is 4. The van der Waals surface area contributed by atoms with Crippen LogP contribution < -0.4 is 15.6 Å². The first-order valence-corrected chi connectivity index (χ1v) is 6.55. The van der Waals surface area contributed by atoms with E-state index in [0.29, 0.717) is 11.3 Å². The lowest BCUT2D eigenvalue weighted by Crippen LogP contribution is -2.41. The number of rotatable bonds is 3. The van der Waals surface area contributed by atoms with Crippen molar-refractivity contribution in [2.24, 2.45) is 0 Å². The molecule has 3 N–H and O–H groups in total. The summed E-state index contributed by atoms with van der Waals surface area (Å²) < 4.78 is 5.00. The number of phenols is 1. The zero-order chi connectivity index (χ0) is 16.1. The van der Waals surface area contributed by atoms with E-state index in [-0.39, 0.29) is 11.3 Å². The van der Waals surface area contributed by atoms with Crippen molar-refractivity contribution in [1.82, 2.24) is 10.9 Å². The molecule has 2 amide bonds. The number of aromatic hydroxyl groups is 1. The van der Waals surface area contributed by atoms with Crippen LogP contribution in [0.5, 0.6) is 11.5 Å². The Kier molecular flexibility index (Phi) is 4.63. The molecule has 0 aliphatic carbocycles. The van der Waals surface area contributed by atoms with Gasteiger partial charge >= 0.3 is 0 Å². The largest absolute Gasteiger partial charge is 0.507 e. The predicted octanol–water partition coefficient (Wildman–Crippen LogP) is 1.78. The molecular formula is C16H16N2O4. The van der Waals surface area contributed by atoms with Gasteiger partial charge in [-0.25, -0.2) is 0 Å². The van der Waals surface area contributed by atoms with Crippen molar-refractivity contribution in [2.45, 2.75) is 6.92 Å². The monoisotopic (exact) mass is 300 g/mol. The highest BCUT2D eigenvalue weighted by Gasteiger charge is 2.12. The molecule has 0 saturated heterocycles. The second-order valence-electron chi connectivity index (χ2n) is 4.66. The SMILES string of the molecule is COc1ccc(C(=O)NNC(=O)c2ccc(C)cc2O)cc1. The van der Waals surface area contributed by atoms with Gasteiger partial charge in [-0.1, -0.05) is 6.07 Å². The Hall–Kier alpha value is -3.02. The molecule has 0 heterocycles. The smallest absolute Gasteiger partial charge is 0.273 e. The molecular weight excluding hydrogens is 284 g/mol. The van der Waals surface area contributed by atoms with E-state index in [9.17, 15) is 14.7 Å². The number of methoxy groups -OCH3 is 1. The zero-order valence-electron chi connectivity index (χ0n) is 12.2. The second-order valence-corrected chi connectivity index (χ2v) is 4.66. The van der Waals surface area contributed by atoms with E-state index in [1.54, 1.807) is 37.3 Å². The van der Waals surface area contributed by atoms with Crippen molar-refractivity contribution < 1.29 is 19.4 Å². The van der Waals surface area contributed by atoms with E-state index in [2.05, 4.69) is 10.9 Å². The Morgan fingerprint density at radius 1 is 1.00 bits per heavy atom. The van der Waals surface area contributed by atoms with E-state index in [1.807, 2.05) is 0 Å². The number of benzene rings is 2. The van der Waals surface area contributed by atoms with Crippen molar-refractivity contribution in [3.63, 3.8) is 0 Å². The molecule has 6 nitrogen and oxygen atoms in total. The molecule has 0 saturated carbocycles. The van der Waals surface area contributed by atoms with Crippen LogP contribution in [0.3, 0.4) is 0 Å². The average molecular weight is 300 g/mol. The van der Waals surface area contributed by atoms with Crippen LogP contribution in [0.15, 0.2) is 42.5 Å². The normalized spacial score (nSPS) is 9.91. The fraction of sp³-hybridized carbons (Fsp3) is 0.125. The van der Waals surface area contributed by atoms with E-state index in [4.69, 9.17) is 4.74 Å². The van der Waals surface area contributed by atoms with Crippen LogP contribution in [0.2, 0.25) is 0 Å². The van der Waals surface area contributed by atoms with E-state index in [1.165, 1.54) is 19.2 Å². The zero-order valence-corrected chi connectivity index (χ0v) is 12.2. The third-order valence-corrected chi connectivity index (χ3v) is 3.04. The Bertz CT molecular complexity index is 696. The first-order valence-electron chi connectivity index (χ1n) is 6.55. The van der Waals surface area contributed by atoms with Crippen molar-refractivity contribution in [1.29, 1.82) is 0 Å². The van der Waals surface area contributed by atoms with Crippen LogP contribution in [-0.4, -0.2) is 24.0 Å². The average Bonchev–Trinajstić information content (AvgIpc) is 2.52. The summed E-state index contributed by atoms with van der Waals surface area (Å²) in [6.07, 6.45) is 0. The molecule has 0 fully saturated rings. The molecule has 22 heavy (non-hydrogen) atoms. The predicted molar refractivity (Wildman–Crippen MR) is 80.8 cm³/mol. The molecule has 0 bridgehead atoms. The number of nitrogens with one attached hydrogen (secondary N) is 2. The van der Waals surface area contributed by atoms with Crippen molar-refractivity contribution in [2.75, 3.05) is 7.11 Å². The van der Waals surface area contributed by atoms with E-state index in [0.717, 1.165) is 5.56 Å². The lowest BCUT2D eigenvalue weighted by atomic mass is 10.1. The first kappa shape index (κ1) is 15.4. The molecule has 0 aromatic heterocycles. The summed E-state index contributed by atoms with van der Waals surface area (Å²) in [4.78, 5) is 23.8. The number of aryl methyl sites for hydroxylation is 1. The van der Waals surface area contributed by atoms with Crippen molar-refractivity contribution >= 4 is 11.8 Å². The number of phenolic OH excluding ortho intramolecular Hbond substituents is 1. The molecule has 0 atom stereocenters. The van der Waals surface area contributed by atoms with Gasteiger partial charge in [-0.15, -0.1) is 0 Å². The number of ether oxygens (including phenoxy) is 1. The Labute approximate surface area is 127 Å². The fourth-order valence-electron chi connectivity index (χ4n) is 1.83. The standard InChI is InChI=1S/C16H16N2O4/c1-10-3-8-13(14(19)9-10)16(21)18-17-15(20)11-4-6-12(22-2)7-5-11/h3-9,19H,1-2H3,(H,17,20)(H,18,21). The van der Waals surface area contributed by atoms with E-state index >= 15 is 0 Å². The number of carbonyl (C=O) groups excluding carboxylic acids is 2. The molecule has 114 valence electrons. The summed E-state index contributed by atoms with van der Waals surface area (Å²) in [5, 5.41) is 9.71. The van der Waals surface area contributed by atoms with Gasteiger partial charge in [0.2, 0.25) is 0 Å². The molecule has 2 rings (SSSR count). The van der Waals surface area contributed by atoms with Gasteiger partial charge in [-0.3, -0.25) is 20.4 Å². The number of hydrogen-bond donors (Lipinski definition) is 3. The van der Waals surface area contributed by atoms with Crippen LogP contribution in [0.4, 0.5) is 0 Å².